The summed E-state index contributed by atoms with van der Waals surface area (Å²) in [5.74, 6) is 5.44. The smallest absolute Gasteiger partial charge is 0.255 e. The molecule has 0 atom stereocenters. The molecular formula is C16H19NO3. The summed E-state index contributed by atoms with van der Waals surface area (Å²) in [7, 11) is 0. The standard InChI is InChI=1S/C16H19NO3/c1-13-5-6-14(4-2-9-18)15(12-13)16(19)17-7-3-10-20-11-8-17/h5-6,12,18H,3,7-11H2,1H3. The van der Waals surface area contributed by atoms with E-state index < -0.39 is 0 Å². The number of benzene rings is 1. The van der Waals surface area contributed by atoms with Crippen LogP contribution >= 0.6 is 0 Å². The van der Waals surface area contributed by atoms with Crippen molar-refractivity contribution in [1.29, 1.82) is 0 Å². The van der Waals surface area contributed by atoms with Gasteiger partial charge in [0.15, 0.2) is 0 Å². The van der Waals surface area contributed by atoms with Crippen LogP contribution in [0, 0.1) is 18.8 Å². The number of rotatable bonds is 1. The maximum atomic E-state index is 12.6. The third-order valence-electron chi connectivity index (χ3n) is 3.22. The first-order chi connectivity index (χ1) is 9.72. The number of ether oxygens (including phenoxy) is 1. The number of carbonyl (C=O) groups excluding carboxylic acids is 1. The van der Waals surface area contributed by atoms with Crippen molar-refractivity contribution in [3.05, 3.63) is 34.9 Å². The molecule has 1 heterocycles. The average molecular weight is 273 g/mol. The molecule has 4 nitrogen and oxygen atoms in total. The Morgan fingerprint density at radius 3 is 3.05 bits per heavy atom. The number of hydrogen-bond acceptors (Lipinski definition) is 3. The predicted octanol–water partition coefficient (Wildman–Crippen LogP) is 1.20. The quantitative estimate of drug-likeness (QED) is 0.782. The molecule has 0 bridgehead atoms. The second-order valence-corrected chi connectivity index (χ2v) is 4.77. The second kappa shape index (κ2) is 7.09. The fourth-order valence-corrected chi connectivity index (χ4v) is 2.20. The summed E-state index contributed by atoms with van der Waals surface area (Å²) in [6.45, 7) is 4.34. The van der Waals surface area contributed by atoms with Gasteiger partial charge in [0.1, 0.15) is 6.61 Å². The van der Waals surface area contributed by atoms with E-state index in [1.165, 1.54) is 0 Å². The largest absolute Gasteiger partial charge is 0.384 e. The van der Waals surface area contributed by atoms with Crippen molar-refractivity contribution in [2.24, 2.45) is 0 Å². The van der Waals surface area contributed by atoms with Gasteiger partial charge >= 0.3 is 0 Å². The van der Waals surface area contributed by atoms with Gasteiger partial charge in [0.05, 0.1) is 12.2 Å². The maximum Gasteiger partial charge on any atom is 0.255 e. The van der Waals surface area contributed by atoms with Gasteiger partial charge in [-0.15, -0.1) is 0 Å². The number of carbonyl (C=O) groups is 1. The Hall–Kier alpha value is -1.83. The summed E-state index contributed by atoms with van der Waals surface area (Å²) in [5, 5.41) is 8.81. The number of nitrogens with zero attached hydrogens (tertiary/aromatic N) is 1. The third kappa shape index (κ3) is 3.60. The molecule has 0 unspecified atom stereocenters. The zero-order chi connectivity index (χ0) is 14.4. The van der Waals surface area contributed by atoms with Crippen LogP contribution in [-0.4, -0.2) is 48.8 Å². The Morgan fingerprint density at radius 1 is 1.40 bits per heavy atom. The van der Waals surface area contributed by atoms with Crippen LogP contribution in [0.2, 0.25) is 0 Å². The first kappa shape index (κ1) is 14.6. The molecular weight excluding hydrogens is 254 g/mol. The highest BCUT2D eigenvalue weighted by Gasteiger charge is 2.19. The lowest BCUT2D eigenvalue weighted by molar-refractivity contribution is 0.0741. The normalized spacial score (nSPS) is 15.2. The third-order valence-corrected chi connectivity index (χ3v) is 3.22. The van der Waals surface area contributed by atoms with Gasteiger partial charge in [0.25, 0.3) is 5.91 Å². The maximum absolute atomic E-state index is 12.6. The molecule has 1 aromatic carbocycles. The van der Waals surface area contributed by atoms with E-state index in [-0.39, 0.29) is 12.5 Å². The predicted molar refractivity (Wildman–Crippen MR) is 76.5 cm³/mol. The number of aryl methyl sites for hydroxylation is 1. The van der Waals surface area contributed by atoms with Crippen LogP contribution < -0.4 is 0 Å². The van der Waals surface area contributed by atoms with E-state index in [1.807, 2.05) is 30.0 Å². The van der Waals surface area contributed by atoms with Gasteiger partial charge in [-0.3, -0.25) is 4.79 Å². The van der Waals surface area contributed by atoms with Crippen LogP contribution in [0.4, 0.5) is 0 Å². The van der Waals surface area contributed by atoms with Crippen molar-refractivity contribution in [2.45, 2.75) is 13.3 Å². The van der Waals surface area contributed by atoms with Crippen LogP contribution in [0.15, 0.2) is 18.2 Å². The molecule has 1 aliphatic rings. The minimum Gasteiger partial charge on any atom is -0.384 e. The minimum atomic E-state index is -0.209. The summed E-state index contributed by atoms with van der Waals surface area (Å²) in [4.78, 5) is 14.4. The van der Waals surface area contributed by atoms with Crippen molar-refractivity contribution >= 4 is 5.91 Å². The van der Waals surface area contributed by atoms with Crippen molar-refractivity contribution in [2.75, 3.05) is 32.9 Å². The summed E-state index contributed by atoms with van der Waals surface area (Å²) < 4.78 is 5.37. The monoisotopic (exact) mass is 273 g/mol. The lowest BCUT2D eigenvalue weighted by Gasteiger charge is -2.20. The fourth-order valence-electron chi connectivity index (χ4n) is 2.20. The van der Waals surface area contributed by atoms with Gasteiger partial charge in [-0.2, -0.15) is 0 Å². The highest BCUT2D eigenvalue weighted by molar-refractivity contribution is 5.97. The SMILES string of the molecule is Cc1ccc(C#CCO)c(C(=O)N2CCCOCC2)c1. The van der Waals surface area contributed by atoms with Gasteiger partial charge in [-0.25, -0.2) is 0 Å². The molecule has 0 spiro atoms. The number of hydrogen-bond donors (Lipinski definition) is 1. The first-order valence-corrected chi connectivity index (χ1v) is 6.80. The zero-order valence-electron chi connectivity index (χ0n) is 11.7. The fraction of sp³-hybridized carbons (Fsp3) is 0.438. The summed E-state index contributed by atoms with van der Waals surface area (Å²) >= 11 is 0. The van der Waals surface area contributed by atoms with E-state index in [2.05, 4.69) is 11.8 Å². The number of aliphatic hydroxyl groups excluding tert-OH is 1. The van der Waals surface area contributed by atoms with Gasteiger partial charge in [-0.05, 0) is 25.5 Å². The van der Waals surface area contributed by atoms with E-state index in [0.29, 0.717) is 37.4 Å². The summed E-state index contributed by atoms with van der Waals surface area (Å²) in [6, 6.07) is 5.61. The molecule has 1 amide bonds. The Labute approximate surface area is 119 Å². The molecule has 1 aromatic rings. The van der Waals surface area contributed by atoms with Crippen molar-refractivity contribution in [3.63, 3.8) is 0 Å². The molecule has 2 rings (SSSR count). The molecule has 1 fully saturated rings. The lowest BCUT2D eigenvalue weighted by Crippen LogP contribution is -2.33. The Kier molecular flexibility index (Phi) is 5.16. The van der Waals surface area contributed by atoms with E-state index in [0.717, 1.165) is 12.0 Å². The van der Waals surface area contributed by atoms with Crippen molar-refractivity contribution < 1.29 is 14.6 Å². The molecule has 1 saturated heterocycles. The Morgan fingerprint density at radius 2 is 2.25 bits per heavy atom. The molecule has 106 valence electrons. The van der Waals surface area contributed by atoms with Gasteiger partial charge in [0, 0.05) is 25.3 Å². The van der Waals surface area contributed by atoms with E-state index in [9.17, 15) is 4.79 Å². The molecule has 1 aliphatic heterocycles. The highest BCUT2D eigenvalue weighted by Crippen LogP contribution is 2.15. The van der Waals surface area contributed by atoms with Crippen molar-refractivity contribution in [3.8, 4) is 11.8 Å². The number of amides is 1. The number of aliphatic hydroxyl groups is 1. The topological polar surface area (TPSA) is 49.8 Å². The summed E-state index contributed by atoms with van der Waals surface area (Å²) in [5.41, 5.74) is 2.29. The van der Waals surface area contributed by atoms with Crippen molar-refractivity contribution in [1.82, 2.24) is 4.90 Å². The first-order valence-electron chi connectivity index (χ1n) is 6.80. The van der Waals surface area contributed by atoms with E-state index in [1.54, 1.807) is 0 Å². The van der Waals surface area contributed by atoms with Crippen LogP contribution in [0.3, 0.4) is 0 Å². The molecule has 4 heteroatoms. The molecule has 0 aromatic heterocycles. The highest BCUT2D eigenvalue weighted by atomic mass is 16.5. The van der Waals surface area contributed by atoms with Gasteiger partial charge < -0.3 is 14.7 Å². The molecule has 1 N–H and O–H groups in total. The Bertz CT molecular complexity index is 534. The van der Waals surface area contributed by atoms with E-state index in [4.69, 9.17) is 9.84 Å². The minimum absolute atomic E-state index is 0.0126. The Balaban J connectivity index is 2.29. The van der Waals surface area contributed by atoms with Crippen LogP contribution in [-0.2, 0) is 4.74 Å². The average Bonchev–Trinajstić information content (AvgIpc) is 2.74. The van der Waals surface area contributed by atoms with Crippen LogP contribution in [0.25, 0.3) is 0 Å². The second-order valence-electron chi connectivity index (χ2n) is 4.77. The van der Waals surface area contributed by atoms with Gasteiger partial charge in [0.2, 0.25) is 0 Å². The zero-order valence-corrected chi connectivity index (χ0v) is 11.7. The lowest BCUT2D eigenvalue weighted by atomic mass is 10.0. The molecule has 20 heavy (non-hydrogen) atoms. The summed E-state index contributed by atoms with van der Waals surface area (Å²) in [6.07, 6.45) is 0.856. The molecule has 0 saturated carbocycles. The van der Waals surface area contributed by atoms with Gasteiger partial charge in [-0.1, -0.05) is 23.5 Å². The molecule has 0 radical (unpaired) electrons. The van der Waals surface area contributed by atoms with E-state index >= 15 is 0 Å². The van der Waals surface area contributed by atoms with Crippen LogP contribution in [0.5, 0.6) is 0 Å². The van der Waals surface area contributed by atoms with Crippen LogP contribution in [0.1, 0.15) is 27.9 Å². The molecule has 0 aliphatic carbocycles.